The van der Waals surface area contributed by atoms with E-state index < -0.39 is 10.0 Å². The Bertz CT molecular complexity index is 1460. The summed E-state index contributed by atoms with van der Waals surface area (Å²) in [7, 11) is -3.53. The van der Waals surface area contributed by atoms with Crippen LogP contribution in [-0.4, -0.2) is 25.6 Å². The van der Waals surface area contributed by atoms with Crippen molar-refractivity contribution in [3.63, 3.8) is 0 Å². The normalized spacial score (nSPS) is 11.2. The van der Waals surface area contributed by atoms with Gasteiger partial charge in [0.1, 0.15) is 0 Å². The zero-order chi connectivity index (χ0) is 25.7. The van der Waals surface area contributed by atoms with E-state index in [0.717, 1.165) is 23.1 Å². The first-order chi connectivity index (χ1) is 17.2. The van der Waals surface area contributed by atoms with Crippen molar-refractivity contribution in [2.24, 2.45) is 0 Å². The van der Waals surface area contributed by atoms with Crippen molar-refractivity contribution in [1.29, 1.82) is 0 Å². The van der Waals surface area contributed by atoms with E-state index >= 15 is 0 Å². The Balaban J connectivity index is 1.42. The molecule has 0 spiro atoms. The predicted octanol–water partition coefficient (Wildman–Crippen LogP) is 5.85. The van der Waals surface area contributed by atoms with E-state index in [1.54, 1.807) is 54.9 Å². The van der Waals surface area contributed by atoms with Gasteiger partial charge in [0.15, 0.2) is 0 Å². The monoisotopic (exact) mass is 519 g/mol. The molecule has 0 aliphatic heterocycles. The molecule has 0 atom stereocenters. The smallest absolute Gasteiger partial charge is 0.255 e. The van der Waals surface area contributed by atoms with Gasteiger partial charge in [-0.05, 0) is 90.2 Å². The number of anilines is 2. The molecule has 0 aliphatic carbocycles. The molecule has 0 unspecified atom stereocenters. The van der Waals surface area contributed by atoms with Crippen LogP contribution >= 0.6 is 11.6 Å². The molecule has 1 heterocycles. The molecule has 8 heteroatoms. The molecule has 1 N–H and O–H groups in total. The highest BCUT2D eigenvalue weighted by Gasteiger charge is 2.20. The van der Waals surface area contributed by atoms with Crippen molar-refractivity contribution in [3.8, 4) is 0 Å². The van der Waals surface area contributed by atoms with Crippen molar-refractivity contribution >= 4 is 38.9 Å². The third kappa shape index (κ3) is 6.50. The van der Waals surface area contributed by atoms with E-state index in [4.69, 9.17) is 11.6 Å². The molecule has 6 nitrogen and oxygen atoms in total. The van der Waals surface area contributed by atoms with E-state index in [1.807, 2.05) is 43.3 Å². The molecule has 1 amide bonds. The van der Waals surface area contributed by atoms with Crippen LogP contribution in [0.4, 0.5) is 11.4 Å². The van der Waals surface area contributed by atoms with Gasteiger partial charge in [-0.2, -0.15) is 0 Å². The maximum atomic E-state index is 12.7. The molecular weight excluding hydrogens is 494 g/mol. The van der Waals surface area contributed by atoms with Crippen LogP contribution in [0.5, 0.6) is 0 Å². The molecule has 0 bridgehead atoms. The lowest BCUT2D eigenvalue weighted by Crippen LogP contribution is -2.30. The highest BCUT2D eigenvalue weighted by molar-refractivity contribution is 7.92. The van der Waals surface area contributed by atoms with Crippen molar-refractivity contribution in [1.82, 2.24) is 4.98 Å². The van der Waals surface area contributed by atoms with E-state index in [2.05, 4.69) is 10.3 Å². The highest BCUT2D eigenvalue weighted by atomic mass is 35.5. The first kappa shape index (κ1) is 25.4. The Morgan fingerprint density at radius 1 is 0.889 bits per heavy atom. The van der Waals surface area contributed by atoms with Gasteiger partial charge < -0.3 is 5.32 Å². The van der Waals surface area contributed by atoms with Crippen LogP contribution in [0, 0.1) is 6.92 Å². The molecule has 0 radical (unpaired) electrons. The van der Waals surface area contributed by atoms with Crippen LogP contribution in [0.25, 0.3) is 0 Å². The molecule has 3 aromatic carbocycles. The Hall–Kier alpha value is -3.68. The summed E-state index contributed by atoms with van der Waals surface area (Å²) in [6.45, 7) is 1.96. The number of sulfonamides is 1. The number of aryl methyl sites for hydroxylation is 1. The number of nitrogens with zero attached hydrogens (tertiary/aromatic N) is 2. The van der Waals surface area contributed by atoms with Crippen molar-refractivity contribution in [2.75, 3.05) is 15.9 Å². The summed E-state index contributed by atoms with van der Waals surface area (Å²) in [6, 6.07) is 23.7. The number of halogens is 1. The summed E-state index contributed by atoms with van der Waals surface area (Å²) in [4.78, 5) is 16.8. The molecule has 184 valence electrons. The fourth-order valence-electron chi connectivity index (χ4n) is 3.85. The quantitative estimate of drug-likeness (QED) is 0.316. The molecular formula is C28H26ClN3O3S. The zero-order valence-electron chi connectivity index (χ0n) is 20.0. The second-order valence-electron chi connectivity index (χ2n) is 8.58. The Morgan fingerprint density at radius 3 is 2.11 bits per heavy atom. The van der Waals surface area contributed by atoms with Gasteiger partial charge in [0, 0.05) is 28.7 Å². The summed E-state index contributed by atoms with van der Waals surface area (Å²) in [6.07, 6.45) is 5.50. The fraction of sp³-hybridized carbons (Fsp3) is 0.143. The molecule has 4 aromatic rings. The minimum atomic E-state index is -3.53. The topological polar surface area (TPSA) is 79.4 Å². The Labute approximate surface area is 216 Å². The van der Waals surface area contributed by atoms with Gasteiger partial charge in [-0.3, -0.25) is 14.1 Å². The van der Waals surface area contributed by atoms with Gasteiger partial charge in [0.25, 0.3) is 5.91 Å². The van der Waals surface area contributed by atoms with Crippen LogP contribution < -0.4 is 9.62 Å². The third-order valence-electron chi connectivity index (χ3n) is 5.74. The molecule has 1 aromatic heterocycles. The highest BCUT2D eigenvalue weighted by Crippen LogP contribution is 2.27. The minimum absolute atomic E-state index is 0.141. The Kier molecular flexibility index (Phi) is 7.72. The van der Waals surface area contributed by atoms with E-state index in [-0.39, 0.29) is 12.5 Å². The van der Waals surface area contributed by atoms with Crippen molar-refractivity contribution in [3.05, 3.63) is 124 Å². The number of amides is 1. The van der Waals surface area contributed by atoms with Gasteiger partial charge in [-0.1, -0.05) is 35.9 Å². The number of hydrogen-bond donors (Lipinski definition) is 1. The van der Waals surface area contributed by atoms with E-state index in [1.165, 1.54) is 16.1 Å². The predicted molar refractivity (Wildman–Crippen MR) is 145 cm³/mol. The van der Waals surface area contributed by atoms with Crippen LogP contribution in [-0.2, 0) is 23.0 Å². The third-order valence-corrected chi connectivity index (χ3v) is 7.10. The van der Waals surface area contributed by atoms with Gasteiger partial charge in [0.05, 0.1) is 18.5 Å². The second kappa shape index (κ2) is 10.9. The summed E-state index contributed by atoms with van der Waals surface area (Å²) in [5.74, 6) is -0.239. The number of pyridine rings is 1. The standard InChI is InChI=1S/C28H26ClN3O3S/c1-20-17-25(29)9-12-27(20)32(36(2,34)35)19-23-3-7-24(8-4-23)28(33)31-26-10-5-21(6-11-26)18-22-13-15-30-16-14-22/h3-17H,18-19H2,1-2H3,(H,31,33). The minimum Gasteiger partial charge on any atom is -0.322 e. The summed E-state index contributed by atoms with van der Waals surface area (Å²) in [5.41, 5.74) is 5.56. The number of rotatable bonds is 8. The van der Waals surface area contributed by atoms with Gasteiger partial charge >= 0.3 is 0 Å². The summed E-state index contributed by atoms with van der Waals surface area (Å²) < 4.78 is 26.3. The number of hydrogen-bond acceptors (Lipinski definition) is 4. The lowest BCUT2D eigenvalue weighted by molar-refractivity contribution is 0.102. The maximum Gasteiger partial charge on any atom is 0.255 e. The second-order valence-corrected chi connectivity index (χ2v) is 10.9. The number of nitrogens with one attached hydrogen (secondary N) is 1. The number of carbonyl (C=O) groups excluding carboxylic acids is 1. The fourth-order valence-corrected chi connectivity index (χ4v) is 5.03. The molecule has 36 heavy (non-hydrogen) atoms. The van der Waals surface area contributed by atoms with Crippen LogP contribution in [0.1, 0.15) is 32.6 Å². The first-order valence-electron chi connectivity index (χ1n) is 11.3. The van der Waals surface area contributed by atoms with E-state index in [0.29, 0.717) is 22.0 Å². The maximum absolute atomic E-state index is 12.7. The molecule has 0 aliphatic rings. The lowest BCUT2D eigenvalue weighted by atomic mass is 10.1. The Morgan fingerprint density at radius 2 is 1.50 bits per heavy atom. The van der Waals surface area contributed by atoms with Crippen LogP contribution in [0.2, 0.25) is 5.02 Å². The van der Waals surface area contributed by atoms with Gasteiger partial charge in [-0.25, -0.2) is 8.42 Å². The largest absolute Gasteiger partial charge is 0.322 e. The van der Waals surface area contributed by atoms with Crippen molar-refractivity contribution < 1.29 is 13.2 Å². The average Bonchev–Trinajstić information content (AvgIpc) is 2.84. The summed E-state index contributed by atoms with van der Waals surface area (Å²) in [5, 5.41) is 3.45. The number of benzene rings is 3. The van der Waals surface area contributed by atoms with Gasteiger partial charge in [-0.15, -0.1) is 0 Å². The molecule has 4 rings (SSSR count). The van der Waals surface area contributed by atoms with E-state index in [9.17, 15) is 13.2 Å². The SMILES string of the molecule is Cc1cc(Cl)ccc1N(Cc1ccc(C(=O)Nc2ccc(Cc3ccncc3)cc2)cc1)S(C)(=O)=O. The van der Waals surface area contributed by atoms with Crippen LogP contribution in [0.3, 0.4) is 0 Å². The number of carbonyl (C=O) groups is 1. The average molecular weight is 520 g/mol. The summed E-state index contributed by atoms with van der Waals surface area (Å²) >= 11 is 6.03. The molecule has 0 saturated carbocycles. The first-order valence-corrected chi connectivity index (χ1v) is 13.5. The lowest BCUT2D eigenvalue weighted by Gasteiger charge is -2.24. The van der Waals surface area contributed by atoms with Crippen LogP contribution in [0.15, 0.2) is 91.3 Å². The van der Waals surface area contributed by atoms with Gasteiger partial charge in [0.2, 0.25) is 10.0 Å². The zero-order valence-corrected chi connectivity index (χ0v) is 21.6. The van der Waals surface area contributed by atoms with Crippen molar-refractivity contribution in [2.45, 2.75) is 19.9 Å². The molecule has 0 saturated heterocycles. The molecule has 0 fully saturated rings. The number of aromatic nitrogens is 1.